The molecule has 4 nitrogen and oxygen atoms in total. The van der Waals surface area contributed by atoms with E-state index in [4.69, 9.17) is 4.74 Å². The zero-order valence-corrected chi connectivity index (χ0v) is 19.1. The van der Waals surface area contributed by atoms with E-state index in [1.54, 1.807) is 0 Å². The molecule has 0 aliphatic carbocycles. The van der Waals surface area contributed by atoms with Gasteiger partial charge in [-0.05, 0) is 43.0 Å². The summed E-state index contributed by atoms with van der Waals surface area (Å²) in [7, 11) is 0. The second kappa shape index (κ2) is 11.0. The van der Waals surface area contributed by atoms with Gasteiger partial charge in [-0.15, -0.1) is 0 Å². The predicted octanol–water partition coefficient (Wildman–Crippen LogP) is 5.43. The van der Waals surface area contributed by atoms with Gasteiger partial charge >= 0.3 is 0 Å². The van der Waals surface area contributed by atoms with Crippen LogP contribution in [0.5, 0.6) is 0 Å². The molecule has 1 unspecified atom stereocenters. The first-order valence-electron chi connectivity index (χ1n) is 11.0. The molecule has 1 aromatic heterocycles. The SMILES string of the molecule is Cc1cccc(Cn2cccc2CN(C(=O)COCc2ccccc2)C(C)C(C)C)c1. The van der Waals surface area contributed by atoms with Crippen LogP contribution < -0.4 is 0 Å². The lowest BCUT2D eigenvalue weighted by Gasteiger charge is -2.32. The Labute approximate surface area is 186 Å². The van der Waals surface area contributed by atoms with E-state index in [1.165, 1.54) is 11.1 Å². The highest BCUT2D eigenvalue weighted by Gasteiger charge is 2.24. The number of hydrogen-bond acceptors (Lipinski definition) is 2. The molecule has 0 radical (unpaired) electrons. The Hall–Kier alpha value is -2.85. The number of aryl methyl sites for hydroxylation is 1. The zero-order valence-electron chi connectivity index (χ0n) is 19.1. The van der Waals surface area contributed by atoms with Crippen LogP contribution in [0.1, 0.15) is 43.2 Å². The Kier molecular flexibility index (Phi) is 8.07. The van der Waals surface area contributed by atoms with Gasteiger partial charge in [0.25, 0.3) is 0 Å². The smallest absolute Gasteiger partial charge is 0.249 e. The molecule has 1 atom stereocenters. The first-order valence-corrected chi connectivity index (χ1v) is 11.0. The van der Waals surface area contributed by atoms with Gasteiger partial charge in [0.05, 0.1) is 13.2 Å². The number of carbonyl (C=O) groups is 1. The van der Waals surface area contributed by atoms with Crippen molar-refractivity contribution in [3.63, 3.8) is 0 Å². The average molecular weight is 419 g/mol. The van der Waals surface area contributed by atoms with Crippen molar-refractivity contribution in [2.75, 3.05) is 6.61 Å². The van der Waals surface area contributed by atoms with Crippen LogP contribution in [0.15, 0.2) is 72.9 Å². The number of amides is 1. The predicted molar refractivity (Wildman–Crippen MR) is 126 cm³/mol. The standard InChI is InChI=1S/C27H34N2O2/c1-21(2)23(4)29(27(30)20-31-19-24-11-6-5-7-12-24)18-26-14-9-15-28(26)17-25-13-8-10-22(3)16-25/h5-16,21,23H,17-20H2,1-4H3. The summed E-state index contributed by atoms with van der Waals surface area (Å²) >= 11 is 0. The maximum Gasteiger partial charge on any atom is 0.249 e. The van der Waals surface area contributed by atoms with Crippen molar-refractivity contribution in [1.82, 2.24) is 9.47 Å². The maximum atomic E-state index is 13.1. The summed E-state index contributed by atoms with van der Waals surface area (Å²) in [6, 6.07) is 22.8. The zero-order chi connectivity index (χ0) is 22.2. The molecule has 31 heavy (non-hydrogen) atoms. The van der Waals surface area contributed by atoms with Crippen LogP contribution in [0.2, 0.25) is 0 Å². The molecule has 3 aromatic rings. The molecule has 1 amide bonds. The molecular formula is C27H34N2O2. The Morgan fingerprint density at radius 2 is 1.71 bits per heavy atom. The monoisotopic (exact) mass is 418 g/mol. The second-order valence-corrected chi connectivity index (χ2v) is 8.60. The van der Waals surface area contributed by atoms with E-state index in [0.29, 0.717) is 19.1 Å². The highest BCUT2D eigenvalue weighted by atomic mass is 16.5. The first-order chi connectivity index (χ1) is 14.9. The van der Waals surface area contributed by atoms with Crippen LogP contribution in [0.3, 0.4) is 0 Å². The summed E-state index contributed by atoms with van der Waals surface area (Å²) in [5, 5.41) is 0. The second-order valence-electron chi connectivity index (χ2n) is 8.60. The van der Waals surface area contributed by atoms with E-state index < -0.39 is 0 Å². The number of rotatable bonds is 10. The van der Waals surface area contributed by atoms with Crippen LogP contribution >= 0.6 is 0 Å². The molecule has 0 saturated heterocycles. The van der Waals surface area contributed by atoms with Gasteiger partial charge in [-0.3, -0.25) is 4.79 Å². The van der Waals surface area contributed by atoms with Gasteiger partial charge in [0.1, 0.15) is 6.61 Å². The van der Waals surface area contributed by atoms with Crippen LogP contribution in [0.25, 0.3) is 0 Å². The molecule has 0 fully saturated rings. The van der Waals surface area contributed by atoms with E-state index in [2.05, 4.69) is 74.9 Å². The topological polar surface area (TPSA) is 34.5 Å². The third-order valence-electron chi connectivity index (χ3n) is 5.81. The summed E-state index contributed by atoms with van der Waals surface area (Å²) in [4.78, 5) is 15.1. The van der Waals surface area contributed by atoms with Gasteiger partial charge in [-0.2, -0.15) is 0 Å². The van der Waals surface area contributed by atoms with Crippen molar-refractivity contribution in [3.8, 4) is 0 Å². The molecule has 0 bridgehead atoms. The molecule has 4 heteroatoms. The molecule has 0 aliphatic rings. The summed E-state index contributed by atoms with van der Waals surface area (Å²) < 4.78 is 7.98. The van der Waals surface area contributed by atoms with Crippen molar-refractivity contribution in [1.29, 1.82) is 0 Å². The van der Waals surface area contributed by atoms with E-state index in [-0.39, 0.29) is 18.6 Å². The van der Waals surface area contributed by atoms with Crippen molar-refractivity contribution < 1.29 is 9.53 Å². The van der Waals surface area contributed by atoms with Crippen molar-refractivity contribution in [2.24, 2.45) is 5.92 Å². The summed E-state index contributed by atoms with van der Waals surface area (Å²) in [6.07, 6.45) is 2.09. The van der Waals surface area contributed by atoms with Gasteiger partial charge in [0, 0.05) is 24.5 Å². The molecular weight excluding hydrogens is 384 g/mol. The highest BCUT2D eigenvalue weighted by Crippen LogP contribution is 2.17. The van der Waals surface area contributed by atoms with Crippen LogP contribution in [-0.2, 0) is 29.2 Å². The lowest BCUT2D eigenvalue weighted by atomic mass is 10.0. The van der Waals surface area contributed by atoms with Crippen LogP contribution in [0.4, 0.5) is 0 Å². The van der Waals surface area contributed by atoms with Crippen LogP contribution in [-0.4, -0.2) is 28.0 Å². The van der Waals surface area contributed by atoms with Gasteiger partial charge < -0.3 is 14.2 Å². The fraction of sp³-hybridized carbons (Fsp3) is 0.370. The molecule has 0 N–H and O–H groups in total. The number of nitrogens with zero attached hydrogens (tertiary/aromatic N) is 2. The highest BCUT2D eigenvalue weighted by molar-refractivity contribution is 5.77. The summed E-state index contributed by atoms with van der Waals surface area (Å²) in [5.74, 6) is 0.388. The van der Waals surface area contributed by atoms with Gasteiger partial charge in [0.15, 0.2) is 0 Å². The lowest BCUT2D eigenvalue weighted by Crippen LogP contribution is -2.43. The quantitative estimate of drug-likeness (QED) is 0.440. The Bertz CT molecular complexity index is 962. The van der Waals surface area contributed by atoms with Gasteiger partial charge in [-0.25, -0.2) is 0 Å². The number of carbonyl (C=O) groups excluding carboxylic acids is 1. The number of hydrogen-bond donors (Lipinski definition) is 0. The van der Waals surface area contributed by atoms with Crippen molar-refractivity contribution in [3.05, 3.63) is 95.3 Å². The van der Waals surface area contributed by atoms with Gasteiger partial charge in [0.2, 0.25) is 5.91 Å². The van der Waals surface area contributed by atoms with Gasteiger partial charge in [-0.1, -0.05) is 74.0 Å². The molecule has 0 spiro atoms. The van der Waals surface area contributed by atoms with Crippen molar-refractivity contribution >= 4 is 5.91 Å². The molecule has 2 aromatic carbocycles. The van der Waals surface area contributed by atoms with E-state index >= 15 is 0 Å². The minimum absolute atomic E-state index is 0.0282. The third-order valence-corrected chi connectivity index (χ3v) is 5.81. The molecule has 0 saturated carbocycles. The number of ether oxygens (including phenoxy) is 1. The third kappa shape index (κ3) is 6.56. The van der Waals surface area contributed by atoms with E-state index in [0.717, 1.165) is 17.8 Å². The molecule has 164 valence electrons. The van der Waals surface area contributed by atoms with E-state index in [1.807, 2.05) is 35.2 Å². The fourth-order valence-corrected chi connectivity index (χ4v) is 3.66. The lowest BCUT2D eigenvalue weighted by molar-refractivity contribution is -0.140. The number of aromatic nitrogens is 1. The molecule has 3 rings (SSSR count). The fourth-order valence-electron chi connectivity index (χ4n) is 3.66. The minimum atomic E-state index is 0.0282. The Morgan fingerprint density at radius 1 is 0.968 bits per heavy atom. The largest absolute Gasteiger partial charge is 0.367 e. The van der Waals surface area contributed by atoms with E-state index in [9.17, 15) is 4.79 Å². The first kappa shape index (κ1) is 22.8. The van der Waals surface area contributed by atoms with Crippen molar-refractivity contribution in [2.45, 2.75) is 53.4 Å². The Balaban J connectivity index is 1.68. The van der Waals surface area contributed by atoms with Crippen LogP contribution in [0, 0.1) is 12.8 Å². The average Bonchev–Trinajstić information content (AvgIpc) is 3.18. The summed E-state index contributed by atoms with van der Waals surface area (Å²) in [5.41, 5.74) is 4.72. The normalized spacial score (nSPS) is 12.2. The summed E-state index contributed by atoms with van der Waals surface area (Å²) in [6.45, 7) is 10.4. The Morgan fingerprint density at radius 3 is 2.42 bits per heavy atom. The molecule has 1 heterocycles. The minimum Gasteiger partial charge on any atom is -0.367 e. The molecule has 0 aliphatic heterocycles. The maximum absolute atomic E-state index is 13.1. The number of benzene rings is 2.